The number of hydrogen-bond acceptors (Lipinski definition) is 3. The Morgan fingerprint density at radius 1 is 1.50 bits per heavy atom. The van der Waals surface area contributed by atoms with Crippen LogP contribution in [-0.2, 0) is 13.1 Å². The zero-order valence-corrected chi connectivity index (χ0v) is 12.5. The Labute approximate surface area is 119 Å². The molecule has 0 spiro atoms. The summed E-state index contributed by atoms with van der Waals surface area (Å²) in [5.41, 5.74) is 1.08. The highest BCUT2D eigenvalue weighted by Gasteiger charge is 2.54. The van der Waals surface area contributed by atoms with Gasteiger partial charge in [0.2, 0.25) is 0 Å². The van der Waals surface area contributed by atoms with Crippen molar-refractivity contribution in [1.29, 1.82) is 0 Å². The Hall–Kier alpha value is -1.59. The molecular weight excluding hydrogens is 254 g/mol. The first-order chi connectivity index (χ1) is 9.51. The Kier molecular flexibility index (Phi) is 3.18. The Morgan fingerprint density at radius 3 is 2.80 bits per heavy atom. The number of carbonyl (C=O) groups is 1. The van der Waals surface area contributed by atoms with Crippen molar-refractivity contribution in [3.05, 3.63) is 11.9 Å². The summed E-state index contributed by atoms with van der Waals surface area (Å²) in [6.45, 7) is 8.55. The second kappa shape index (κ2) is 4.75. The molecule has 1 unspecified atom stereocenters. The number of aromatic nitrogens is 3. The molecule has 1 saturated carbocycles. The first-order valence-electron chi connectivity index (χ1n) is 7.45. The Morgan fingerprint density at radius 2 is 2.25 bits per heavy atom. The second-order valence-electron chi connectivity index (χ2n) is 6.58. The quantitative estimate of drug-likeness (QED) is 0.909. The van der Waals surface area contributed by atoms with Gasteiger partial charge in [-0.25, -0.2) is 4.79 Å². The molecule has 1 aromatic rings. The summed E-state index contributed by atoms with van der Waals surface area (Å²) in [5.74, 6) is 0.713. The van der Waals surface area contributed by atoms with E-state index in [-0.39, 0.29) is 11.4 Å². The Bertz CT molecular complexity index is 505. The third kappa shape index (κ3) is 2.39. The van der Waals surface area contributed by atoms with Crippen molar-refractivity contribution in [2.24, 2.45) is 11.3 Å². The molecule has 2 amide bonds. The van der Waals surface area contributed by atoms with Gasteiger partial charge in [0.25, 0.3) is 0 Å². The molecule has 0 aromatic carbocycles. The molecule has 2 heterocycles. The van der Waals surface area contributed by atoms with Crippen LogP contribution in [0.1, 0.15) is 39.3 Å². The number of amides is 2. The maximum atomic E-state index is 12.3. The summed E-state index contributed by atoms with van der Waals surface area (Å²) in [7, 11) is 0. The van der Waals surface area contributed by atoms with Gasteiger partial charge in [-0.3, -0.25) is 0 Å². The van der Waals surface area contributed by atoms with E-state index in [2.05, 4.69) is 29.4 Å². The summed E-state index contributed by atoms with van der Waals surface area (Å²) in [4.78, 5) is 15.9. The molecule has 1 atom stereocenters. The van der Waals surface area contributed by atoms with Gasteiger partial charge >= 0.3 is 6.03 Å². The molecular formula is C14H23N5O. The lowest BCUT2D eigenvalue weighted by Gasteiger charge is -2.54. The van der Waals surface area contributed by atoms with Gasteiger partial charge in [0.15, 0.2) is 0 Å². The summed E-state index contributed by atoms with van der Waals surface area (Å²) >= 11 is 0. The van der Waals surface area contributed by atoms with Gasteiger partial charge in [0.1, 0.15) is 5.69 Å². The average molecular weight is 277 g/mol. The molecule has 0 radical (unpaired) electrons. The number of nitrogens with zero attached hydrogens (tertiary/aromatic N) is 4. The van der Waals surface area contributed by atoms with Crippen LogP contribution in [-0.4, -0.2) is 38.5 Å². The van der Waals surface area contributed by atoms with E-state index in [1.807, 2.05) is 11.8 Å². The van der Waals surface area contributed by atoms with E-state index in [9.17, 15) is 4.79 Å². The predicted molar refractivity (Wildman–Crippen MR) is 74.9 cm³/mol. The minimum atomic E-state index is 0.0345. The minimum Gasteiger partial charge on any atom is -0.332 e. The van der Waals surface area contributed by atoms with Crippen LogP contribution in [0.25, 0.3) is 0 Å². The first kappa shape index (κ1) is 13.4. The minimum absolute atomic E-state index is 0.0345. The zero-order chi connectivity index (χ0) is 14.3. The number of aryl methyl sites for hydroxylation is 1. The number of hydrogen-bond donors (Lipinski definition) is 1. The van der Waals surface area contributed by atoms with Crippen molar-refractivity contribution in [2.75, 3.05) is 6.54 Å². The number of urea groups is 1. The maximum absolute atomic E-state index is 12.3. The molecule has 1 saturated heterocycles. The van der Waals surface area contributed by atoms with Gasteiger partial charge in [-0.15, -0.1) is 0 Å². The summed E-state index contributed by atoms with van der Waals surface area (Å²) in [6.07, 6.45) is 4.24. The van der Waals surface area contributed by atoms with Crippen LogP contribution < -0.4 is 5.32 Å². The van der Waals surface area contributed by atoms with Gasteiger partial charge in [0, 0.05) is 18.0 Å². The highest BCUT2D eigenvalue weighted by Crippen LogP contribution is 2.49. The van der Waals surface area contributed by atoms with E-state index in [1.165, 1.54) is 12.8 Å². The lowest BCUT2D eigenvalue weighted by atomic mass is 9.72. The van der Waals surface area contributed by atoms with Crippen LogP contribution in [0.5, 0.6) is 0 Å². The molecule has 1 aliphatic carbocycles. The van der Waals surface area contributed by atoms with Crippen LogP contribution in [0.2, 0.25) is 0 Å². The smallest absolute Gasteiger partial charge is 0.318 e. The molecule has 2 aliphatic rings. The molecule has 6 heteroatoms. The van der Waals surface area contributed by atoms with Gasteiger partial charge in [-0.05, 0) is 25.7 Å². The van der Waals surface area contributed by atoms with Crippen molar-refractivity contribution in [2.45, 2.75) is 52.7 Å². The molecule has 20 heavy (non-hydrogen) atoms. The number of likely N-dealkylation sites (tertiary alicyclic amines) is 1. The summed E-state index contributed by atoms with van der Waals surface area (Å²) in [6, 6.07) is 0.445. The molecule has 110 valence electrons. The topological polar surface area (TPSA) is 63.1 Å². The van der Waals surface area contributed by atoms with E-state index in [0.717, 1.165) is 18.8 Å². The van der Waals surface area contributed by atoms with Crippen LogP contribution in [0.15, 0.2) is 6.20 Å². The van der Waals surface area contributed by atoms with Crippen molar-refractivity contribution < 1.29 is 4.79 Å². The number of carbonyl (C=O) groups excluding carboxylic acids is 1. The molecule has 1 aliphatic heterocycles. The monoisotopic (exact) mass is 277 g/mol. The largest absolute Gasteiger partial charge is 0.332 e. The van der Waals surface area contributed by atoms with Crippen LogP contribution >= 0.6 is 0 Å². The van der Waals surface area contributed by atoms with Gasteiger partial charge in [-0.2, -0.15) is 15.0 Å². The van der Waals surface area contributed by atoms with E-state index >= 15 is 0 Å². The molecule has 1 aromatic heterocycles. The molecule has 2 fully saturated rings. The standard InChI is InChI=1S/C14H23N5O/c1-4-19-16-8-11(17-19)7-15-13(20)18-9-14(2,3)12(18)10-5-6-10/h8,10,12H,4-7,9H2,1-3H3,(H,15,20). The molecule has 0 bridgehead atoms. The zero-order valence-electron chi connectivity index (χ0n) is 12.5. The highest BCUT2D eigenvalue weighted by atomic mass is 16.2. The van der Waals surface area contributed by atoms with Gasteiger partial charge < -0.3 is 10.2 Å². The third-order valence-corrected chi connectivity index (χ3v) is 4.33. The Balaban J connectivity index is 1.54. The molecule has 1 N–H and O–H groups in total. The van der Waals surface area contributed by atoms with E-state index in [4.69, 9.17) is 0 Å². The SMILES string of the molecule is CCn1ncc(CNC(=O)N2CC(C)(C)C2C2CC2)n1. The fourth-order valence-electron chi connectivity index (χ4n) is 3.28. The number of rotatable bonds is 4. The van der Waals surface area contributed by atoms with Gasteiger partial charge in [0.05, 0.1) is 19.3 Å². The van der Waals surface area contributed by atoms with Crippen molar-refractivity contribution in [3.63, 3.8) is 0 Å². The third-order valence-electron chi connectivity index (χ3n) is 4.33. The van der Waals surface area contributed by atoms with Gasteiger partial charge in [-0.1, -0.05) is 13.8 Å². The summed E-state index contributed by atoms with van der Waals surface area (Å²) < 4.78 is 0. The number of nitrogens with one attached hydrogen (secondary N) is 1. The first-order valence-corrected chi connectivity index (χ1v) is 7.45. The van der Waals surface area contributed by atoms with Crippen LogP contribution in [0.4, 0.5) is 4.79 Å². The lowest BCUT2D eigenvalue weighted by Crippen LogP contribution is -2.66. The fraction of sp³-hybridized carbons (Fsp3) is 0.786. The summed E-state index contributed by atoms with van der Waals surface area (Å²) in [5, 5.41) is 11.3. The normalized spacial score (nSPS) is 24.4. The fourth-order valence-corrected chi connectivity index (χ4v) is 3.28. The second-order valence-corrected chi connectivity index (χ2v) is 6.58. The van der Waals surface area contributed by atoms with E-state index in [0.29, 0.717) is 18.5 Å². The van der Waals surface area contributed by atoms with Crippen molar-refractivity contribution in [3.8, 4) is 0 Å². The predicted octanol–water partition coefficient (Wildman–Crippen LogP) is 1.63. The average Bonchev–Trinajstić information content (AvgIpc) is 3.09. The van der Waals surface area contributed by atoms with Crippen molar-refractivity contribution >= 4 is 6.03 Å². The lowest BCUT2D eigenvalue weighted by molar-refractivity contribution is -0.0275. The van der Waals surface area contributed by atoms with E-state index in [1.54, 1.807) is 11.0 Å². The maximum Gasteiger partial charge on any atom is 0.318 e. The van der Waals surface area contributed by atoms with Crippen molar-refractivity contribution in [1.82, 2.24) is 25.2 Å². The van der Waals surface area contributed by atoms with E-state index < -0.39 is 0 Å². The highest BCUT2D eigenvalue weighted by molar-refractivity contribution is 5.76. The van der Waals surface area contributed by atoms with Crippen LogP contribution in [0.3, 0.4) is 0 Å². The molecule has 6 nitrogen and oxygen atoms in total. The molecule has 3 rings (SSSR count). The van der Waals surface area contributed by atoms with Crippen LogP contribution in [0, 0.1) is 11.3 Å².